The number of fused-ring (bicyclic) bond motifs is 1. The number of hydrogen-bond donors (Lipinski definition) is 2. The van der Waals surface area contributed by atoms with E-state index in [0.29, 0.717) is 22.5 Å². The fourth-order valence-electron chi connectivity index (χ4n) is 2.57. The van der Waals surface area contributed by atoms with E-state index in [9.17, 15) is 15.0 Å². The van der Waals surface area contributed by atoms with Crippen LogP contribution in [-0.4, -0.2) is 45.3 Å². The molecule has 3 heterocycles. The molecule has 0 unspecified atom stereocenters. The second-order valence-electron chi connectivity index (χ2n) is 4.96. The molecule has 106 valence electrons. The first-order valence-electron chi connectivity index (χ1n) is 6.48. The van der Waals surface area contributed by atoms with Crippen LogP contribution in [0.15, 0.2) is 6.33 Å². The van der Waals surface area contributed by atoms with Gasteiger partial charge in [0.2, 0.25) is 0 Å². The molecule has 1 aliphatic heterocycles. The van der Waals surface area contributed by atoms with Gasteiger partial charge in [-0.3, -0.25) is 0 Å². The Labute approximate surface area is 119 Å². The maximum atomic E-state index is 11.2. The maximum Gasteiger partial charge on any atom is 0.346 e. The number of anilines is 1. The Morgan fingerprint density at radius 2 is 2.10 bits per heavy atom. The molecule has 0 bridgehead atoms. The van der Waals surface area contributed by atoms with Crippen molar-refractivity contribution in [3.63, 3.8) is 0 Å². The summed E-state index contributed by atoms with van der Waals surface area (Å²) in [5, 5.41) is 19.6. The van der Waals surface area contributed by atoms with Crippen molar-refractivity contribution >= 4 is 33.3 Å². The molecule has 6 nitrogen and oxygen atoms in total. The largest absolute Gasteiger partial charge is 0.477 e. The number of thiophene rings is 1. The normalized spacial score (nSPS) is 16.8. The summed E-state index contributed by atoms with van der Waals surface area (Å²) < 4.78 is 0. The highest BCUT2D eigenvalue weighted by molar-refractivity contribution is 7.20. The summed E-state index contributed by atoms with van der Waals surface area (Å²) in [5.41, 5.74) is 0.722. The first kappa shape index (κ1) is 13.3. The van der Waals surface area contributed by atoms with E-state index in [1.807, 2.05) is 0 Å². The SMILES string of the molecule is Cc1c(C(=O)O)sc2ncnc(N3CCC(O)CC3)c12. The first-order chi connectivity index (χ1) is 9.58. The molecular formula is C13H15N3O3S. The molecule has 0 saturated carbocycles. The van der Waals surface area contributed by atoms with Crippen molar-refractivity contribution in [2.45, 2.75) is 25.9 Å². The zero-order valence-corrected chi connectivity index (χ0v) is 11.9. The summed E-state index contributed by atoms with van der Waals surface area (Å²) in [6.07, 6.45) is 2.65. The summed E-state index contributed by atoms with van der Waals surface area (Å²) in [6.45, 7) is 3.25. The second-order valence-corrected chi connectivity index (χ2v) is 5.96. The van der Waals surface area contributed by atoms with Crippen LogP contribution in [0.5, 0.6) is 0 Å². The molecule has 1 fully saturated rings. The third-order valence-electron chi connectivity index (χ3n) is 3.67. The number of hydrogen-bond acceptors (Lipinski definition) is 6. The van der Waals surface area contributed by atoms with E-state index in [-0.39, 0.29) is 6.10 Å². The molecule has 1 saturated heterocycles. The number of aromatic nitrogens is 2. The van der Waals surface area contributed by atoms with Gasteiger partial charge < -0.3 is 15.1 Å². The lowest BCUT2D eigenvalue weighted by Crippen LogP contribution is -2.36. The molecule has 0 aliphatic carbocycles. The molecule has 20 heavy (non-hydrogen) atoms. The molecule has 7 heteroatoms. The number of carboxylic acids is 1. The van der Waals surface area contributed by atoms with Crippen molar-refractivity contribution in [2.24, 2.45) is 0 Å². The van der Waals surface area contributed by atoms with Crippen molar-refractivity contribution in [3.05, 3.63) is 16.8 Å². The average molecular weight is 293 g/mol. The van der Waals surface area contributed by atoms with Crippen LogP contribution >= 0.6 is 11.3 Å². The smallest absolute Gasteiger partial charge is 0.346 e. The second kappa shape index (κ2) is 4.99. The number of nitrogens with zero attached hydrogens (tertiary/aromatic N) is 3. The lowest BCUT2D eigenvalue weighted by molar-refractivity contribution is 0.0701. The first-order valence-corrected chi connectivity index (χ1v) is 7.30. The summed E-state index contributed by atoms with van der Waals surface area (Å²) in [5.74, 6) is -0.145. The molecule has 1 aliphatic rings. The van der Waals surface area contributed by atoms with Gasteiger partial charge in [-0.2, -0.15) is 0 Å². The molecule has 0 spiro atoms. The summed E-state index contributed by atoms with van der Waals surface area (Å²) in [7, 11) is 0. The Bertz CT molecular complexity index is 662. The predicted octanol–water partition coefficient (Wildman–Crippen LogP) is 1.66. The van der Waals surface area contributed by atoms with Crippen molar-refractivity contribution in [1.82, 2.24) is 9.97 Å². The van der Waals surface area contributed by atoms with Gasteiger partial charge in [0.15, 0.2) is 0 Å². The highest BCUT2D eigenvalue weighted by atomic mass is 32.1. The van der Waals surface area contributed by atoms with Crippen molar-refractivity contribution < 1.29 is 15.0 Å². The molecule has 3 rings (SSSR count). The standard InChI is InChI=1S/C13H15N3O3S/c1-7-9-11(16-4-2-8(17)3-5-16)14-6-15-12(9)20-10(7)13(18)19/h6,8,17H,2-5H2,1H3,(H,18,19). The monoisotopic (exact) mass is 293 g/mol. The molecular weight excluding hydrogens is 278 g/mol. The predicted molar refractivity (Wildman–Crippen MR) is 76.6 cm³/mol. The van der Waals surface area contributed by atoms with E-state index in [2.05, 4.69) is 14.9 Å². The Balaban J connectivity index is 2.09. The zero-order valence-electron chi connectivity index (χ0n) is 11.0. The number of carboxylic acid groups (broad SMARTS) is 1. The van der Waals surface area contributed by atoms with Gasteiger partial charge in [0.1, 0.15) is 21.9 Å². The number of aromatic carboxylic acids is 1. The molecule has 2 aromatic rings. The van der Waals surface area contributed by atoms with Crippen LogP contribution in [0.2, 0.25) is 0 Å². The minimum Gasteiger partial charge on any atom is -0.477 e. The number of aliphatic hydroxyl groups is 1. The van der Waals surface area contributed by atoms with E-state index in [0.717, 1.165) is 29.9 Å². The van der Waals surface area contributed by atoms with Crippen molar-refractivity contribution in [2.75, 3.05) is 18.0 Å². The van der Waals surface area contributed by atoms with Crippen molar-refractivity contribution in [3.8, 4) is 0 Å². The van der Waals surface area contributed by atoms with E-state index in [1.54, 1.807) is 6.92 Å². The molecule has 0 aromatic carbocycles. The minimum absolute atomic E-state index is 0.248. The molecule has 2 N–H and O–H groups in total. The maximum absolute atomic E-state index is 11.2. The fourth-order valence-corrected chi connectivity index (χ4v) is 3.56. The Kier molecular flexibility index (Phi) is 3.31. The summed E-state index contributed by atoms with van der Waals surface area (Å²) in [4.78, 5) is 22.9. The fraction of sp³-hybridized carbons (Fsp3) is 0.462. The van der Waals surface area contributed by atoms with Gasteiger partial charge in [-0.15, -0.1) is 11.3 Å². The lowest BCUT2D eigenvalue weighted by atomic mass is 10.1. The van der Waals surface area contributed by atoms with Crippen LogP contribution in [0.4, 0.5) is 5.82 Å². The van der Waals surface area contributed by atoms with Crippen LogP contribution in [-0.2, 0) is 0 Å². The number of piperidine rings is 1. The minimum atomic E-state index is -0.925. The van der Waals surface area contributed by atoms with E-state index in [4.69, 9.17) is 0 Å². The molecule has 2 aromatic heterocycles. The van der Waals surface area contributed by atoms with Gasteiger partial charge in [-0.05, 0) is 25.3 Å². The van der Waals surface area contributed by atoms with Gasteiger partial charge in [0, 0.05) is 13.1 Å². The van der Waals surface area contributed by atoms with Crippen LogP contribution in [0.25, 0.3) is 10.2 Å². The highest BCUT2D eigenvalue weighted by Gasteiger charge is 2.24. The molecule has 0 amide bonds. The topological polar surface area (TPSA) is 86.5 Å². The van der Waals surface area contributed by atoms with Crippen molar-refractivity contribution in [1.29, 1.82) is 0 Å². The van der Waals surface area contributed by atoms with Gasteiger partial charge >= 0.3 is 5.97 Å². The van der Waals surface area contributed by atoms with E-state index >= 15 is 0 Å². The van der Waals surface area contributed by atoms with Gasteiger partial charge in [0.25, 0.3) is 0 Å². The Morgan fingerprint density at radius 3 is 2.75 bits per heavy atom. The van der Waals surface area contributed by atoms with Crippen LogP contribution in [0, 0.1) is 6.92 Å². The molecule has 0 atom stereocenters. The number of rotatable bonds is 2. The van der Waals surface area contributed by atoms with Crippen LogP contribution in [0.1, 0.15) is 28.1 Å². The summed E-state index contributed by atoms with van der Waals surface area (Å²) in [6, 6.07) is 0. The van der Waals surface area contributed by atoms with Gasteiger partial charge in [-0.1, -0.05) is 0 Å². The number of aliphatic hydroxyl groups excluding tert-OH is 1. The quantitative estimate of drug-likeness (QED) is 0.875. The van der Waals surface area contributed by atoms with Crippen LogP contribution in [0.3, 0.4) is 0 Å². The number of carbonyl (C=O) groups is 1. The van der Waals surface area contributed by atoms with Crippen LogP contribution < -0.4 is 4.90 Å². The zero-order chi connectivity index (χ0) is 14.3. The summed E-state index contributed by atoms with van der Waals surface area (Å²) >= 11 is 1.18. The number of aryl methyl sites for hydroxylation is 1. The third kappa shape index (κ3) is 2.12. The Morgan fingerprint density at radius 1 is 1.40 bits per heavy atom. The average Bonchev–Trinajstić information content (AvgIpc) is 2.77. The van der Waals surface area contributed by atoms with Gasteiger partial charge in [-0.25, -0.2) is 14.8 Å². The Hall–Kier alpha value is -1.73. The highest BCUT2D eigenvalue weighted by Crippen LogP contribution is 2.35. The lowest BCUT2D eigenvalue weighted by Gasteiger charge is -2.30. The van der Waals surface area contributed by atoms with Gasteiger partial charge in [0.05, 0.1) is 11.5 Å². The molecule has 0 radical (unpaired) electrons. The third-order valence-corrected chi connectivity index (χ3v) is 4.85. The van der Waals surface area contributed by atoms with E-state index < -0.39 is 5.97 Å². The van der Waals surface area contributed by atoms with E-state index in [1.165, 1.54) is 17.7 Å².